The molecule has 1 amide bonds. The highest BCUT2D eigenvalue weighted by molar-refractivity contribution is 8.04. The Labute approximate surface area is 138 Å². The molecular formula is C18H15NO3S. The molecule has 1 aliphatic heterocycles. The van der Waals surface area contributed by atoms with E-state index in [9.17, 15) is 9.59 Å². The van der Waals surface area contributed by atoms with Crippen molar-refractivity contribution >= 4 is 29.1 Å². The molecule has 0 fully saturated rings. The number of anilines is 1. The second-order valence-corrected chi connectivity index (χ2v) is 6.07. The SMILES string of the molecule is COc1ccccc1N(/C=C1/Sc2ccccc2C1=O)C(C)=O. The normalized spacial score (nSPS) is 14.7. The Morgan fingerprint density at radius 2 is 1.83 bits per heavy atom. The number of thioether (sulfide) groups is 1. The third-order valence-corrected chi connectivity index (χ3v) is 4.59. The van der Waals surface area contributed by atoms with E-state index in [2.05, 4.69) is 0 Å². The molecule has 0 saturated heterocycles. The zero-order valence-corrected chi connectivity index (χ0v) is 13.6. The Bertz CT molecular complexity index is 813. The van der Waals surface area contributed by atoms with E-state index in [1.165, 1.54) is 23.6 Å². The number of ether oxygens (including phenoxy) is 1. The molecule has 1 heterocycles. The van der Waals surface area contributed by atoms with E-state index in [0.29, 0.717) is 21.9 Å². The van der Waals surface area contributed by atoms with Gasteiger partial charge in [-0.05, 0) is 24.3 Å². The van der Waals surface area contributed by atoms with Crippen LogP contribution in [-0.2, 0) is 4.79 Å². The number of amides is 1. The number of ketones is 1. The van der Waals surface area contributed by atoms with Crippen LogP contribution in [0.5, 0.6) is 5.75 Å². The lowest BCUT2D eigenvalue weighted by molar-refractivity contribution is -0.116. The third kappa shape index (κ3) is 2.87. The van der Waals surface area contributed by atoms with Crippen molar-refractivity contribution in [3.05, 3.63) is 65.2 Å². The summed E-state index contributed by atoms with van der Waals surface area (Å²) >= 11 is 1.37. The quantitative estimate of drug-likeness (QED) is 0.804. The molecule has 0 atom stereocenters. The first-order valence-corrected chi connectivity index (χ1v) is 7.89. The topological polar surface area (TPSA) is 46.6 Å². The summed E-state index contributed by atoms with van der Waals surface area (Å²) in [6.07, 6.45) is 1.59. The molecule has 0 spiro atoms. The van der Waals surface area contributed by atoms with Crippen molar-refractivity contribution in [2.75, 3.05) is 12.0 Å². The number of carbonyl (C=O) groups is 2. The van der Waals surface area contributed by atoms with Crippen LogP contribution in [0.1, 0.15) is 17.3 Å². The van der Waals surface area contributed by atoms with Crippen LogP contribution in [0.2, 0.25) is 0 Å². The summed E-state index contributed by atoms with van der Waals surface area (Å²) in [5.41, 5.74) is 1.28. The molecular weight excluding hydrogens is 310 g/mol. The number of hydrogen-bond donors (Lipinski definition) is 0. The number of hydrogen-bond acceptors (Lipinski definition) is 4. The smallest absolute Gasteiger partial charge is 0.228 e. The number of rotatable bonds is 3. The monoisotopic (exact) mass is 325 g/mol. The molecule has 5 heteroatoms. The van der Waals surface area contributed by atoms with Crippen molar-refractivity contribution in [1.82, 2.24) is 0 Å². The summed E-state index contributed by atoms with van der Waals surface area (Å²) in [6, 6.07) is 14.7. The van der Waals surface area contributed by atoms with Crippen LogP contribution in [0.25, 0.3) is 0 Å². The fraction of sp³-hybridized carbons (Fsp3) is 0.111. The predicted octanol–water partition coefficient (Wildman–Crippen LogP) is 3.88. The van der Waals surface area contributed by atoms with Crippen LogP contribution in [0, 0.1) is 0 Å². The van der Waals surface area contributed by atoms with Gasteiger partial charge in [0.1, 0.15) is 5.75 Å². The van der Waals surface area contributed by atoms with Gasteiger partial charge in [-0.2, -0.15) is 0 Å². The maximum absolute atomic E-state index is 12.5. The van der Waals surface area contributed by atoms with Crippen molar-refractivity contribution < 1.29 is 14.3 Å². The molecule has 0 radical (unpaired) electrons. The first kappa shape index (κ1) is 15.4. The van der Waals surface area contributed by atoms with Crippen LogP contribution in [-0.4, -0.2) is 18.8 Å². The number of methoxy groups -OCH3 is 1. The molecule has 4 nitrogen and oxygen atoms in total. The fourth-order valence-corrected chi connectivity index (χ4v) is 3.42. The molecule has 0 aliphatic carbocycles. The lowest BCUT2D eigenvalue weighted by Gasteiger charge is -2.19. The molecule has 3 rings (SSSR count). The van der Waals surface area contributed by atoms with Gasteiger partial charge in [-0.3, -0.25) is 14.5 Å². The van der Waals surface area contributed by atoms with Gasteiger partial charge in [0.05, 0.1) is 17.7 Å². The predicted molar refractivity (Wildman–Crippen MR) is 90.9 cm³/mol. The summed E-state index contributed by atoms with van der Waals surface area (Å²) in [5, 5.41) is 0. The van der Waals surface area contributed by atoms with Crippen molar-refractivity contribution in [2.24, 2.45) is 0 Å². The van der Waals surface area contributed by atoms with Crippen molar-refractivity contribution in [3.8, 4) is 5.75 Å². The summed E-state index contributed by atoms with van der Waals surface area (Å²) < 4.78 is 5.31. The van der Waals surface area contributed by atoms with Crippen molar-refractivity contribution in [1.29, 1.82) is 0 Å². The van der Waals surface area contributed by atoms with Crippen LogP contribution in [0.4, 0.5) is 5.69 Å². The summed E-state index contributed by atoms with van der Waals surface area (Å²) in [6.45, 7) is 1.46. The van der Waals surface area contributed by atoms with Crippen LogP contribution in [0.3, 0.4) is 0 Å². The van der Waals surface area contributed by atoms with Crippen LogP contribution >= 0.6 is 11.8 Å². The molecule has 2 aromatic carbocycles. The number of allylic oxidation sites excluding steroid dienone is 1. The number of benzene rings is 2. The van der Waals surface area contributed by atoms with Gasteiger partial charge in [-0.1, -0.05) is 36.0 Å². The number of nitrogens with zero attached hydrogens (tertiary/aromatic N) is 1. The lowest BCUT2D eigenvalue weighted by Crippen LogP contribution is -2.23. The minimum Gasteiger partial charge on any atom is -0.495 e. The molecule has 0 unspecified atom stereocenters. The third-order valence-electron chi connectivity index (χ3n) is 3.51. The first-order valence-electron chi connectivity index (χ1n) is 7.08. The molecule has 116 valence electrons. The first-order chi connectivity index (χ1) is 11.1. The average molecular weight is 325 g/mol. The molecule has 1 aliphatic rings. The van der Waals surface area contributed by atoms with Gasteiger partial charge in [0, 0.05) is 23.6 Å². The zero-order valence-electron chi connectivity index (χ0n) is 12.8. The molecule has 0 N–H and O–H groups in total. The van der Waals surface area contributed by atoms with E-state index < -0.39 is 0 Å². The van der Waals surface area contributed by atoms with Crippen LogP contribution < -0.4 is 9.64 Å². The van der Waals surface area contributed by atoms with Gasteiger partial charge >= 0.3 is 0 Å². The standard InChI is InChI=1S/C18H15NO3S/c1-12(20)19(14-8-4-5-9-15(14)22-2)11-17-18(21)13-7-3-6-10-16(13)23-17/h3-11H,1-2H3/b17-11+. The van der Waals surface area contributed by atoms with Gasteiger partial charge in [-0.15, -0.1) is 0 Å². The Morgan fingerprint density at radius 1 is 1.13 bits per heavy atom. The molecule has 0 aromatic heterocycles. The molecule has 0 bridgehead atoms. The Hall–Kier alpha value is -2.53. The molecule has 23 heavy (non-hydrogen) atoms. The molecule has 2 aromatic rings. The maximum Gasteiger partial charge on any atom is 0.228 e. The second-order valence-electron chi connectivity index (χ2n) is 4.98. The fourth-order valence-electron chi connectivity index (χ4n) is 2.40. The van der Waals surface area contributed by atoms with Gasteiger partial charge < -0.3 is 4.74 Å². The number of para-hydroxylation sites is 2. The van der Waals surface area contributed by atoms with E-state index in [0.717, 1.165) is 4.90 Å². The van der Waals surface area contributed by atoms with Gasteiger partial charge in [0.15, 0.2) is 0 Å². The maximum atomic E-state index is 12.5. The van der Waals surface area contributed by atoms with Gasteiger partial charge in [0.25, 0.3) is 0 Å². The Balaban J connectivity index is 2.02. The number of fused-ring (bicyclic) bond motifs is 1. The Morgan fingerprint density at radius 3 is 2.52 bits per heavy atom. The minimum atomic E-state index is -0.189. The highest BCUT2D eigenvalue weighted by Gasteiger charge is 2.27. The highest BCUT2D eigenvalue weighted by atomic mass is 32.2. The van der Waals surface area contributed by atoms with Crippen LogP contribution in [0.15, 0.2) is 64.5 Å². The number of carbonyl (C=O) groups excluding carboxylic acids is 2. The van der Waals surface area contributed by atoms with Gasteiger partial charge in [-0.25, -0.2) is 0 Å². The van der Waals surface area contributed by atoms with Crippen molar-refractivity contribution in [2.45, 2.75) is 11.8 Å². The lowest BCUT2D eigenvalue weighted by atomic mass is 10.1. The minimum absolute atomic E-state index is 0.0632. The average Bonchev–Trinajstić information content (AvgIpc) is 2.89. The van der Waals surface area contributed by atoms with Gasteiger partial charge in [0.2, 0.25) is 11.7 Å². The van der Waals surface area contributed by atoms with E-state index in [4.69, 9.17) is 4.74 Å². The second kappa shape index (κ2) is 6.30. The van der Waals surface area contributed by atoms with E-state index in [-0.39, 0.29) is 11.7 Å². The highest BCUT2D eigenvalue weighted by Crippen LogP contribution is 2.40. The summed E-state index contributed by atoms with van der Waals surface area (Å²) in [7, 11) is 1.55. The largest absolute Gasteiger partial charge is 0.495 e. The summed E-state index contributed by atoms with van der Waals surface area (Å²) in [5.74, 6) is 0.325. The summed E-state index contributed by atoms with van der Waals surface area (Å²) in [4.78, 5) is 27.4. The zero-order chi connectivity index (χ0) is 16.4. The van der Waals surface area contributed by atoms with E-state index in [1.807, 2.05) is 30.3 Å². The van der Waals surface area contributed by atoms with Crippen molar-refractivity contribution in [3.63, 3.8) is 0 Å². The number of Topliss-reactive ketones (excluding diaryl/α,β-unsaturated/α-hetero) is 1. The molecule has 0 saturated carbocycles. The van der Waals surface area contributed by atoms with E-state index in [1.54, 1.807) is 31.5 Å². The van der Waals surface area contributed by atoms with E-state index >= 15 is 0 Å². The Kier molecular flexibility index (Phi) is 4.21.